The third-order valence-electron chi connectivity index (χ3n) is 4.71. The molecule has 0 aliphatic carbocycles. The zero-order valence-corrected chi connectivity index (χ0v) is 14.6. The molecule has 2 aliphatic heterocycles. The van der Waals surface area contributed by atoms with Gasteiger partial charge >= 0.3 is 0 Å². The van der Waals surface area contributed by atoms with Crippen molar-refractivity contribution in [3.8, 4) is 17.6 Å². The fraction of sp³-hybridized carbons (Fsp3) is 0.250. The first-order chi connectivity index (χ1) is 13.2. The zero-order valence-electron chi connectivity index (χ0n) is 14.6. The number of nitrogens with zero attached hydrogens (tertiary/aromatic N) is 3. The summed E-state index contributed by atoms with van der Waals surface area (Å²) in [6, 6.07) is 13.8. The van der Waals surface area contributed by atoms with Crippen LogP contribution in [0.2, 0.25) is 0 Å². The first kappa shape index (κ1) is 16.9. The third kappa shape index (κ3) is 3.29. The molecule has 2 aromatic rings. The Bertz CT molecular complexity index is 942. The predicted molar refractivity (Wildman–Crippen MR) is 95.5 cm³/mol. The van der Waals surface area contributed by atoms with Crippen molar-refractivity contribution in [1.29, 1.82) is 5.26 Å². The van der Waals surface area contributed by atoms with Crippen molar-refractivity contribution in [2.75, 3.05) is 33.0 Å². The Hall–Kier alpha value is -3.53. The van der Waals surface area contributed by atoms with Crippen LogP contribution < -0.4 is 9.47 Å². The number of piperazine rings is 1. The molecular formula is C20H17N3O4. The number of ether oxygens (including phenoxy) is 2. The van der Waals surface area contributed by atoms with Crippen LogP contribution in [0.4, 0.5) is 0 Å². The van der Waals surface area contributed by atoms with Crippen molar-refractivity contribution in [2.24, 2.45) is 0 Å². The van der Waals surface area contributed by atoms with E-state index in [1.165, 1.54) is 0 Å². The number of nitriles is 1. The van der Waals surface area contributed by atoms with Crippen LogP contribution in [-0.2, 0) is 0 Å². The maximum atomic E-state index is 12.7. The molecule has 0 aromatic heterocycles. The van der Waals surface area contributed by atoms with E-state index in [9.17, 15) is 9.59 Å². The molecular weight excluding hydrogens is 346 g/mol. The number of carbonyl (C=O) groups excluding carboxylic acids is 2. The van der Waals surface area contributed by atoms with E-state index in [0.717, 1.165) is 0 Å². The van der Waals surface area contributed by atoms with Gasteiger partial charge in [-0.05, 0) is 36.4 Å². The Morgan fingerprint density at radius 1 is 0.852 bits per heavy atom. The van der Waals surface area contributed by atoms with E-state index in [-0.39, 0.29) is 18.6 Å². The quantitative estimate of drug-likeness (QED) is 0.814. The predicted octanol–water partition coefficient (Wildman–Crippen LogP) is 1.89. The van der Waals surface area contributed by atoms with E-state index in [4.69, 9.17) is 14.7 Å². The SMILES string of the molecule is N#Cc1cccc(C(=O)N2CCN(C(=O)c3ccc4c(c3)OCO4)CC2)c1. The molecule has 7 heteroatoms. The van der Waals surface area contributed by atoms with E-state index < -0.39 is 0 Å². The normalized spacial score (nSPS) is 15.4. The van der Waals surface area contributed by atoms with Gasteiger partial charge in [0.25, 0.3) is 11.8 Å². The standard InChI is InChI=1S/C20H17N3O4/c21-12-14-2-1-3-15(10-14)19(24)22-6-8-23(9-7-22)20(25)16-4-5-17-18(11-16)27-13-26-17/h1-5,10-11H,6-9,13H2. The molecule has 7 nitrogen and oxygen atoms in total. The van der Waals surface area contributed by atoms with Crippen LogP contribution in [0.1, 0.15) is 26.3 Å². The van der Waals surface area contributed by atoms with Crippen molar-refractivity contribution in [1.82, 2.24) is 9.80 Å². The fourth-order valence-electron chi connectivity index (χ4n) is 3.23. The van der Waals surface area contributed by atoms with Crippen molar-refractivity contribution >= 4 is 11.8 Å². The molecule has 0 spiro atoms. The van der Waals surface area contributed by atoms with Crippen LogP contribution in [0.3, 0.4) is 0 Å². The molecule has 1 saturated heterocycles. The van der Waals surface area contributed by atoms with Gasteiger partial charge in [-0.25, -0.2) is 0 Å². The average molecular weight is 363 g/mol. The molecule has 27 heavy (non-hydrogen) atoms. The Morgan fingerprint density at radius 3 is 2.15 bits per heavy atom. The molecule has 1 fully saturated rings. The minimum Gasteiger partial charge on any atom is -0.454 e. The van der Waals surface area contributed by atoms with Gasteiger partial charge in [0.1, 0.15) is 0 Å². The van der Waals surface area contributed by atoms with Crippen LogP contribution in [0.15, 0.2) is 42.5 Å². The lowest BCUT2D eigenvalue weighted by Crippen LogP contribution is -2.50. The topological polar surface area (TPSA) is 82.9 Å². The highest BCUT2D eigenvalue weighted by molar-refractivity contribution is 5.96. The first-order valence-electron chi connectivity index (χ1n) is 8.64. The van der Waals surface area contributed by atoms with Crippen molar-refractivity contribution in [3.05, 3.63) is 59.2 Å². The summed E-state index contributed by atoms with van der Waals surface area (Å²) in [7, 11) is 0. The fourth-order valence-corrected chi connectivity index (χ4v) is 3.23. The molecule has 0 atom stereocenters. The minimum absolute atomic E-state index is 0.0909. The molecule has 2 aromatic carbocycles. The number of hydrogen-bond acceptors (Lipinski definition) is 5. The summed E-state index contributed by atoms with van der Waals surface area (Å²) in [5.41, 5.74) is 1.49. The molecule has 136 valence electrons. The van der Waals surface area contributed by atoms with E-state index in [1.54, 1.807) is 52.3 Å². The van der Waals surface area contributed by atoms with Crippen LogP contribution in [0.25, 0.3) is 0 Å². The van der Waals surface area contributed by atoms with Gasteiger partial charge in [0.15, 0.2) is 11.5 Å². The summed E-state index contributed by atoms with van der Waals surface area (Å²) < 4.78 is 10.6. The number of carbonyl (C=O) groups is 2. The molecule has 2 amide bonds. The van der Waals surface area contributed by atoms with Gasteiger partial charge in [-0.1, -0.05) is 6.07 Å². The van der Waals surface area contributed by atoms with E-state index in [2.05, 4.69) is 0 Å². The Balaban J connectivity index is 1.40. The van der Waals surface area contributed by atoms with E-state index in [1.807, 2.05) is 6.07 Å². The average Bonchev–Trinajstić information content (AvgIpc) is 3.20. The summed E-state index contributed by atoms with van der Waals surface area (Å²) in [6.45, 7) is 1.98. The molecule has 0 bridgehead atoms. The summed E-state index contributed by atoms with van der Waals surface area (Å²) in [6.07, 6.45) is 0. The van der Waals surface area contributed by atoms with Gasteiger partial charge in [0, 0.05) is 37.3 Å². The molecule has 0 unspecified atom stereocenters. The summed E-state index contributed by atoms with van der Waals surface area (Å²) in [5.74, 6) is 1.00. The lowest BCUT2D eigenvalue weighted by Gasteiger charge is -2.35. The van der Waals surface area contributed by atoms with Crippen LogP contribution >= 0.6 is 0 Å². The lowest BCUT2D eigenvalue weighted by atomic mass is 10.1. The minimum atomic E-state index is -0.123. The highest BCUT2D eigenvalue weighted by Crippen LogP contribution is 2.32. The number of fused-ring (bicyclic) bond motifs is 1. The third-order valence-corrected chi connectivity index (χ3v) is 4.71. The molecule has 4 rings (SSSR count). The van der Waals surface area contributed by atoms with Crippen LogP contribution in [0.5, 0.6) is 11.5 Å². The second-order valence-electron chi connectivity index (χ2n) is 6.35. The molecule has 0 saturated carbocycles. The Labute approximate surface area is 156 Å². The highest BCUT2D eigenvalue weighted by atomic mass is 16.7. The summed E-state index contributed by atoms with van der Waals surface area (Å²) >= 11 is 0. The molecule has 0 radical (unpaired) electrons. The van der Waals surface area contributed by atoms with Crippen LogP contribution in [0, 0.1) is 11.3 Å². The highest BCUT2D eigenvalue weighted by Gasteiger charge is 2.26. The van der Waals surface area contributed by atoms with E-state index >= 15 is 0 Å². The monoisotopic (exact) mass is 363 g/mol. The van der Waals surface area contributed by atoms with E-state index in [0.29, 0.717) is 54.4 Å². The number of rotatable bonds is 2. The molecule has 2 heterocycles. The Morgan fingerprint density at radius 2 is 1.48 bits per heavy atom. The van der Waals surface area contributed by atoms with Crippen molar-refractivity contribution in [2.45, 2.75) is 0 Å². The van der Waals surface area contributed by atoms with Gasteiger partial charge in [0.2, 0.25) is 6.79 Å². The number of amides is 2. The first-order valence-corrected chi connectivity index (χ1v) is 8.64. The summed E-state index contributed by atoms with van der Waals surface area (Å²) in [4.78, 5) is 28.8. The number of benzene rings is 2. The van der Waals surface area contributed by atoms with Gasteiger partial charge in [-0.3, -0.25) is 9.59 Å². The van der Waals surface area contributed by atoms with Crippen molar-refractivity contribution in [3.63, 3.8) is 0 Å². The van der Waals surface area contributed by atoms with Crippen LogP contribution in [-0.4, -0.2) is 54.6 Å². The van der Waals surface area contributed by atoms with Crippen molar-refractivity contribution < 1.29 is 19.1 Å². The largest absolute Gasteiger partial charge is 0.454 e. The van der Waals surface area contributed by atoms with Gasteiger partial charge in [0.05, 0.1) is 11.6 Å². The zero-order chi connectivity index (χ0) is 18.8. The maximum Gasteiger partial charge on any atom is 0.254 e. The molecule has 2 aliphatic rings. The second kappa shape index (κ2) is 7.00. The maximum absolute atomic E-state index is 12.7. The lowest BCUT2D eigenvalue weighted by molar-refractivity contribution is 0.0535. The van der Waals surface area contributed by atoms with Gasteiger partial charge in [-0.2, -0.15) is 5.26 Å². The summed E-state index contributed by atoms with van der Waals surface area (Å²) in [5, 5.41) is 8.98. The Kier molecular flexibility index (Phi) is 4.38. The van der Waals surface area contributed by atoms with Gasteiger partial charge < -0.3 is 19.3 Å². The number of hydrogen-bond donors (Lipinski definition) is 0. The second-order valence-corrected chi connectivity index (χ2v) is 6.35. The van der Waals surface area contributed by atoms with Gasteiger partial charge in [-0.15, -0.1) is 0 Å². The smallest absolute Gasteiger partial charge is 0.254 e. The molecule has 0 N–H and O–H groups in total.